The van der Waals surface area contributed by atoms with Gasteiger partial charge in [0.05, 0.1) is 12.7 Å². The third-order valence-electron chi connectivity index (χ3n) is 1.83. The van der Waals surface area contributed by atoms with Crippen molar-refractivity contribution in [1.29, 1.82) is 0 Å². The Kier molecular flexibility index (Phi) is 8.08. The maximum Gasteiger partial charge on any atom is 0.160 e. The first kappa shape index (κ1) is 13.8. The average Bonchev–Trinajstić information content (AvgIpc) is 2.15. The normalized spacial score (nSPS) is 17.8. The van der Waals surface area contributed by atoms with Gasteiger partial charge in [-0.15, -0.1) is 0 Å². The molecule has 0 fully saturated rings. The molecule has 0 saturated carbocycles. The van der Waals surface area contributed by atoms with Crippen molar-refractivity contribution in [3.8, 4) is 0 Å². The minimum Gasteiger partial charge on any atom is -0.393 e. The summed E-state index contributed by atoms with van der Waals surface area (Å²) in [7, 11) is 0. The van der Waals surface area contributed by atoms with Crippen molar-refractivity contribution in [3.05, 3.63) is 0 Å². The monoisotopic (exact) mass is 206 g/mol. The van der Waals surface area contributed by atoms with E-state index < -0.39 is 6.29 Å². The Hall–Kier alpha value is -0.160. The summed E-state index contributed by atoms with van der Waals surface area (Å²) in [6.07, 6.45) is 0.341. The molecule has 0 aliphatic carbocycles. The Labute approximate surface area is 85.8 Å². The Morgan fingerprint density at radius 1 is 1.14 bits per heavy atom. The molecule has 0 rings (SSSR count). The van der Waals surface area contributed by atoms with Crippen molar-refractivity contribution >= 4 is 0 Å². The summed E-state index contributed by atoms with van der Waals surface area (Å²) >= 11 is 0. The first-order valence-corrected chi connectivity index (χ1v) is 5.23. The van der Waals surface area contributed by atoms with E-state index in [1.165, 1.54) is 0 Å². The van der Waals surface area contributed by atoms with Gasteiger partial charge in [-0.1, -0.05) is 13.8 Å². The van der Waals surface area contributed by atoms with Gasteiger partial charge in [0.1, 0.15) is 0 Å². The summed E-state index contributed by atoms with van der Waals surface area (Å²) in [6.45, 7) is 5.93. The summed E-state index contributed by atoms with van der Waals surface area (Å²) in [5, 5.41) is 18.2. The van der Waals surface area contributed by atoms with Crippen LogP contribution in [0.1, 0.15) is 40.0 Å². The second kappa shape index (κ2) is 8.17. The summed E-state index contributed by atoms with van der Waals surface area (Å²) < 4.78 is 10.5. The maximum atomic E-state index is 9.22. The predicted octanol–water partition coefficient (Wildman–Crippen LogP) is 1.25. The molecule has 0 radical (unpaired) electrons. The largest absolute Gasteiger partial charge is 0.393 e. The van der Waals surface area contributed by atoms with Crippen LogP contribution in [0.15, 0.2) is 0 Å². The summed E-state index contributed by atoms with van der Waals surface area (Å²) in [5.41, 5.74) is 0. The Morgan fingerprint density at radius 2 is 1.79 bits per heavy atom. The van der Waals surface area contributed by atoms with Gasteiger partial charge in [0.2, 0.25) is 0 Å². The SMILES string of the molecule is CCC(O)OC(CC)OCCC(C)O. The van der Waals surface area contributed by atoms with Gasteiger partial charge in [-0.3, -0.25) is 0 Å². The summed E-state index contributed by atoms with van der Waals surface area (Å²) in [4.78, 5) is 0. The molecular weight excluding hydrogens is 184 g/mol. The highest BCUT2D eigenvalue weighted by atomic mass is 16.7. The van der Waals surface area contributed by atoms with Gasteiger partial charge < -0.3 is 19.7 Å². The lowest BCUT2D eigenvalue weighted by molar-refractivity contribution is -0.230. The molecule has 0 aromatic rings. The number of rotatable bonds is 8. The molecule has 86 valence electrons. The van der Waals surface area contributed by atoms with Gasteiger partial charge >= 0.3 is 0 Å². The van der Waals surface area contributed by atoms with E-state index in [-0.39, 0.29) is 12.4 Å². The minimum absolute atomic E-state index is 0.358. The van der Waals surface area contributed by atoms with E-state index >= 15 is 0 Å². The number of aliphatic hydroxyl groups excluding tert-OH is 2. The van der Waals surface area contributed by atoms with Crippen LogP contribution in [-0.4, -0.2) is 35.5 Å². The fraction of sp³-hybridized carbons (Fsp3) is 1.00. The standard InChI is InChI=1S/C10H22O4/c1-4-9(12)14-10(5-2)13-7-6-8(3)11/h8-12H,4-7H2,1-3H3. The van der Waals surface area contributed by atoms with Crippen LogP contribution in [-0.2, 0) is 9.47 Å². The molecule has 0 amide bonds. The molecule has 0 aromatic carbocycles. The van der Waals surface area contributed by atoms with Gasteiger partial charge in [-0.05, 0) is 26.2 Å². The van der Waals surface area contributed by atoms with Crippen LogP contribution in [0.2, 0.25) is 0 Å². The van der Waals surface area contributed by atoms with E-state index in [0.717, 1.165) is 0 Å². The molecule has 3 atom stereocenters. The number of hydrogen-bond donors (Lipinski definition) is 2. The quantitative estimate of drug-likeness (QED) is 0.587. The minimum atomic E-state index is -0.758. The maximum absolute atomic E-state index is 9.22. The first-order chi connectivity index (χ1) is 6.60. The van der Waals surface area contributed by atoms with Gasteiger partial charge in [-0.2, -0.15) is 0 Å². The molecule has 3 unspecified atom stereocenters. The van der Waals surface area contributed by atoms with Crippen molar-refractivity contribution in [2.45, 2.75) is 58.7 Å². The zero-order valence-electron chi connectivity index (χ0n) is 9.27. The molecule has 4 heteroatoms. The zero-order valence-corrected chi connectivity index (χ0v) is 9.27. The van der Waals surface area contributed by atoms with Crippen LogP contribution in [0.4, 0.5) is 0 Å². The third-order valence-corrected chi connectivity index (χ3v) is 1.83. The first-order valence-electron chi connectivity index (χ1n) is 5.23. The summed E-state index contributed by atoms with van der Waals surface area (Å²) in [6, 6.07) is 0. The smallest absolute Gasteiger partial charge is 0.160 e. The topological polar surface area (TPSA) is 58.9 Å². The van der Waals surface area contributed by atoms with Crippen molar-refractivity contribution < 1.29 is 19.7 Å². The Morgan fingerprint density at radius 3 is 2.21 bits per heavy atom. The molecule has 0 aromatic heterocycles. The fourth-order valence-corrected chi connectivity index (χ4v) is 0.895. The molecule has 0 heterocycles. The molecule has 0 aliphatic heterocycles. The van der Waals surface area contributed by atoms with E-state index in [4.69, 9.17) is 14.6 Å². The zero-order chi connectivity index (χ0) is 11.0. The molecule has 4 nitrogen and oxygen atoms in total. The summed E-state index contributed by atoms with van der Waals surface area (Å²) in [5.74, 6) is 0. The molecule has 2 N–H and O–H groups in total. The second-order valence-corrected chi connectivity index (χ2v) is 3.35. The van der Waals surface area contributed by atoms with Gasteiger partial charge in [0, 0.05) is 0 Å². The van der Waals surface area contributed by atoms with E-state index in [0.29, 0.717) is 25.9 Å². The van der Waals surface area contributed by atoms with Crippen molar-refractivity contribution in [2.24, 2.45) is 0 Å². The van der Waals surface area contributed by atoms with E-state index in [1.807, 2.05) is 13.8 Å². The highest BCUT2D eigenvalue weighted by Crippen LogP contribution is 2.06. The second-order valence-electron chi connectivity index (χ2n) is 3.35. The molecule has 14 heavy (non-hydrogen) atoms. The lowest BCUT2D eigenvalue weighted by Gasteiger charge is -2.20. The van der Waals surface area contributed by atoms with Gasteiger partial charge in [0.15, 0.2) is 12.6 Å². The molecule has 0 aliphatic rings. The number of aliphatic hydroxyl groups is 2. The Balaban J connectivity index is 3.57. The molecule has 0 bridgehead atoms. The average molecular weight is 206 g/mol. The van der Waals surface area contributed by atoms with Crippen LogP contribution in [0, 0.1) is 0 Å². The van der Waals surface area contributed by atoms with Crippen molar-refractivity contribution in [2.75, 3.05) is 6.61 Å². The third kappa shape index (κ3) is 7.26. The lowest BCUT2D eigenvalue weighted by atomic mass is 10.3. The van der Waals surface area contributed by atoms with Gasteiger partial charge in [-0.25, -0.2) is 0 Å². The van der Waals surface area contributed by atoms with Crippen LogP contribution in [0.3, 0.4) is 0 Å². The molecule has 0 saturated heterocycles. The van der Waals surface area contributed by atoms with Crippen molar-refractivity contribution in [3.63, 3.8) is 0 Å². The molecular formula is C10H22O4. The van der Waals surface area contributed by atoms with Gasteiger partial charge in [0.25, 0.3) is 0 Å². The number of hydrogen-bond acceptors (Lipinski definition) is 4. The van der Waals surface area contributed by atoms with Crippen LogP contribution >= 0.6 is 0 Å². The van der Waals surface area contributed by atoms with Crippen LogP contribution in [0.25, 0.3) is 0 Å². The highest BCUT2D eigenvalue weighted by molar-refractivity contribution is 4.47. The van der Waals surface area contributed by atoms with Crippen LogP contribution < -0.4 is 0 Å². The highest BCUT2D eigenvalue weighted by Gasteiger charge is 2.11. The van der Waals surface area contributed by atoms with E-state index in [2.05, 4.69) is 0 Å². The van der Waals surface area contributed by atoms with Crippen LogP contribution in [0.5, 0.6) is 0 Å². The number of ether oxygens (including phenoxy) is 2. The molecule has 0 spiro atoms. The predicted molar refractivity (Wildman–Crippen MR) is 53.7 cm³/mol. The van der Waals surface area contributed by atoms with E-state index in [1.54, 1.807) is 6.92 Å². The fourth-order valence-electron chi connectivity index (χ4n) is 0.895. The Bertz CT molecular complexity index is 127. The van der Waals surface area contributed by atoms with Crippen molar-refractivity contribution in [1.82, 2.24) is 0 Å². The van der Waals surface area contributed by atoms with E-state index in [9.17, 15) is 5.11 Å². The lowest BCUT2D eigenvalue weighted by Crippen LogP contribution is -2.24.